The SMILES string of the molecule is CC(=O)O[C@@H]1C[C@@]23COC[C@](C)([C@@H]2CC[C@H]2C3=CC[C@@]3(C)[C@H](C(=O)O)[C@@](C)([C@H](C)C(C)C)CC[C@]23C)[C@H]1OCc1csc([C@@H](N)CCCCN)n1. The van der Waals surface area contributed by atoms with Crippen LogP contribution in [0, 0.1) is 56.7 Å². The fourth-order valence-electron chi connectivity index (χ4n) is 12.6. The summed E-state index contributed by atoms with van der Waals surface area (Å²) in [5, 5.41) is 14.0. The molecule has 10 heteroatoms. The number of nitrogens with zero attached hydrogens (tertiary/aromatic N) is 1. The number of unbranched alkanes of at least 4 members (excludes halogenated alkanes) is 1. The first-order valence-electron chi connectivity index (χ1n) is 19.7. The molecule has 0 unspecified atom stereocenters. The van der Waals surface area contributed by atoms with Crippen LogP contribution in [-0.2, 0) is 30.4 Å². The number of aliphatic carboxylic acids is 1. The molecule has 5 aliphatic rings. The number of ether oxygens (including phenoxy) is 3. The Labute approximate surface area is 310 Å². The van der Waals surface area contributed by atoms with Crippen molar-refractivity contribution in [1.82, 2.24) is 4.98 Å². The van der Waals surface area contributed by atoms with Crippen LogP contribution in [0.25, 0.3) is 0 Å². The Morgan fingerprint density at radius 2 is 1.84 bits per heavy atom. The minimum Gasteiger partial charge on any atom is -0.481 e. The average molecular weight is 728 g/mol. The lowest BCUT2D eigenvalue weighted by Crippen LogP contribution is -2.70. The standard InChI is InChI=1S/C41H65N3O6S/c1-24(2)25(3)37(5)16-17-39(7)28-12-13-32-38(6)22-48-23-41(32,29(28)14-15-40(39,8)33(37)36(46)47)19-31(50-26(4)45)34(38)49-20-27-21-51-35(44-27)30(43)11-9-10-18-42/h14,21,24-25,28,30-34H,9-13,15-20,22-23,42-43H2,1-8H3,(H,46,47)/t25-,28+,30+,31-,32+,33-,34+,37-,38-,39-,40+,41+/m1/s1. The van der Waals surface area contributed by atoms with Gasteiger partial charge >= 0.3 is 11.9 Å². The maximum absolute atomic E-state index is 13.4. The number of hydrogen-bond acceptors (Lipinski definition) is 9. The molecule has 12 atom stereocenters. The summed E-state index contributed by atoms with van der Waals surface area (Å²) < 4.78 is 19.7. The molecule has 4 fully saturated rings. The van der Waals surface area contributed by atoms with Crippen LogP contribution in [0.4, 0.5) is 0 Å². The Kier molecular flexibility index (Phi) is 10.7. The van der Waals surface area contributed by atoms with Crippen LogP contribution >= 0.6 is 11.3 Å². The fourth-order valence-corrected chi connectivity index (χ4v) is 13.4. The summed E-state index contributed by atoms with van der Waals surface area (Å²) in [7, 11) is 0. The molecule has 2 heterocycles. The maximum Gasteiger partial charge on any atom is 0.307 e. The first kappa shape index (κ1) is 38.9. The van der Waals surface area contributed by atoms with Gasteiger partial charge in [0.1, 0.15) is 17.2 Å². The number of esters is 1. The van der Waals surface area contributed by atoms with E-state index in [1.54, 1.807) is 11.3 Å². The zero-order valence-corrected chi connectivity index (χ0v) is 33.3. The number of carboxylic acids is 1. The maximum atomic E-state index is 13.4. The fraction of sp³-hybridized carbons (Fsp3) is 0.829. The number of carbonyl (C=O) groups is 2. The van der Waals surface area contributed by atoms with Crippen molar-refractivity contribution in [1.29, 1.82) is 0 Å². The number of fused-ring (bicyclic) bond motifs is 3. The Morgan fingerprint density at radius 3 is 2.51 bits per heavy atom. The lowest BCUT2D eigenvalue weighted by molar-refractivity contribution is -0.269. The van der Waals surface area contributed by atoms with Crippen LogP contribution in [0.2, 0.25) is 0 Å². The second kappa shape index (κ2) is 14.1. The van der Waals surface area contributed by atoms with Crippen LogP contribution in [-0.4, -0.2) is 54.0 Å². The molecule has 2 bridgehead atoms. The molecule has 1 saturated heterocycles. The van der Waals surface area contributed by atoms with E-state index in [2.05, 4.69) is 54.5 Å². The van der Waals surface area contributed by atoms with Gasteiger partial charge in [-0.3, -0.25) is 9.59 Å². The summed E-state index contributed by atoms with van der Waals surface area (Å²) in [4.78, 5) is 31.0. The Bertz CT molecular complexity index is 1500. The number of carbonyl (C=O) groups excluding carboxylic acids is 1. The van der Waals surface area contributed by atoms with Gasteiger partial charge in [-0.1, -0.05) is 66.5 Å². The van der Waals surface area contributed by atoms with Crippen molar-refractivity contribution >= 4 is 23.3 Å². The number of nitrogens with two attached hydrogens (primary N) is 2. The van der Waals surface area contributed by atoms with Crippen molar-refractivity contribution in [3.63, 3.8) is 0 Å². The lowest BCUT2D eigenvalue weighted by atomic mass is 9.34. The summed E-state index contributed by atoms with van der Waals surface area (Å²) in [6.45, 7) is 19.6. The van der Waals surface area contributed by atoms with E-state index < -0.39 is 18.0 Å². The van der Waals surface area contributed by atoms with E-state index in [4.69, 9.17) is 30.7 Å². The minimum atomic E-state index is -0.649. The molecular formula is C41H65N3O6S. The van der Waals surface area contributed by atoms with Crippen LogP contribution in [0.3, 0.4) is 0 Å². The molecule has 0 radical (unpaired) electrons. The van der Waals surface area contributed by atoms with E-state index in [-0.39, 0.29) is 57.0 Å². The smallest absolute Gasteiger partial charge is 0.307 e. The zero-order chi connectivity index (χ0) is 37.1. The number of aromatic nitrogens is 1. The molecule has 0 spiro atoms. The highest BCUT2D eigenvalue weighted by atomic mass is 32.1. The van der Waals surface area contributed by atoms with Gasteiger partial charge in [-0.25, -0.2) is 4.98 Å². The highest BCUT2D eigenvalue weighted by Crippen LogP contribution is 2.75. The third-order valence-corrected chi connectivity index (χ3v) is 16.7. The summed E-state index contributed by atoms with van der Waals surface area (Å²) in [6, 6.07) is -0.117. The lowest BCUT2D eigenvalue weighted by Gasteiger charge is -2.71. The van der Waals surface area contributed by atoms with Crippen LogP contribution in [0.5, 0.6) is 0 Å². The Hall–Kier alpha value is -1.85. The third-order valence-electron chi connectivity index (χ3n) is 15.7. The molecular weight excluding hydrogens is 663 g/mol. The Balaban J connectivity index is 1.32. The molecule has 0 amide bonds. The van der Waals surface area contributed by atoms with Gasteiger partial charge in [-0.05, 0) is 97.8 Å². The molecule has 4 aliphatic carbocycles. The normalized spacial score (nSPS) is 41.5. The molecule has 1 aromatic heterocycles. The molecule has 51 heavy (non-hydrogen) atoms. The van der Waals surface area contributed by atoms with E-state index >= 15 is 0 Å². The summed E-state index contributed by atoms with van der Waals surface area (Å²) in [5.74, 6) is -0.153. The van der Waals surface area contributed by atoms with Gasteiger partial charge in [0.2, 0.25) is 0 Å². The van der Waals surface area contributed by atoms with Crippen molar-refractivity contribution in [2.45, 2.75) is 138 Å². The van der Waals surface area contributed by atoms with E-state index in [9.17, 15) is 14.7 Å². The largest absolute Gasteiger partial charge is 0.481 e. The van der Waals surface area contributed by atoms with E-state index in [0.717, 1.165) is 62.1 Å². The number of carboxylic acid groups (broad SMARTS) is 1. The van der Waals surface area contributed by atoms with E-state index in [1.807, 2.05) is 5.38 Å². The van der Waals surface area contributed by atoms with Crippen molar-refractivity contribution in [2.75, 3.05) is 19.8 Å². The highest BCUT2D eigenvalue weighted by Gasteiger charge is 2.72. The van der Waals surface area contributed by atoms with Gasteiger partial charge in [-0.15, -0.1) is 11.3 Å². The topological polar surface area (TPSA) is 147 Å². The van der Waals surface area contributed by atoms with Crippen molar-refractivity contribution in [3.8, 4) is 0 Å². The number of thiazole rings is 1. The van der Waals surface area contributed by atoms with Crippen LogP contribution in [0.15, 0.2) is 17.0 Å². The molecule has 1 aliphatic heterocycles. The van der Waals surface area contributed by atoms with Gasteiger partial charge < -0.3 is 30.8 Å². The number of rotatable bonds is 12. The summed E-state index contributed by atoms with van der Waals surface area (Å²) >= 11 is 1.57. The monoisotopic (exact) mass is 727 g/mol. The second-order valence-electron chi connectivity index (χ2n) is 18.5. The molecule has 0 aromatic carbocycles. The van der Waals surface area contributed by atoms with Crippen molar-refractivity contribution in [3.05, 3.63) is 27.7 Å². The predicted octanol–water partition coefficient (Wildman–Crippen LogP) is 7.68. The van der Waals surface area contributed by atoms with Crippen molar-refractivity contribution < 1.29 is 28.9 Å². The molecule has 6 rings (SSSR count). The molecule has 9 nitrogen and oxygen atoms in total. The number of hydrogen-bond donors (Lipinski definition) is 3. The van der Waals surface area contributed by atoms with Gasteiger partial charge in [0.25, 0.3) is 0 Å². The van der Waals surface area contributed by atoms with Gasteiger partial charge in [0, 0.05) is 23.1 Å². The van der Waals surface area contributed by atoms with Crippen LogP contribution < -0.4 is 11.5 Å². The molecule has 5 N–H and O–H groups in total. The van der Waals surface area contributed by atoms with Gasteiger partial charge in [0.15, 0.2) is 0 Å². The molecule has 3 saturated carbocycles. The quantitative estimate of drug-likeness (QED) is 0.112. The zero-order valence-electron chi connectivity index (χ0n) is 32.5. The van der Waals surface area contributed by atoms with Gasteiger partial charge in [-0.2, -0.15) is 0 Å². The minimum absolute atomic E-state index is 0.117. The molecule has 286 valence electrons. The van der Waals surface area contributed by atoms with Crippen molar-refractivity contribution in [2.24, 2.45) is 68.1 Å². The second-order valence-corrected chi connectivity index (χ2v) is 19.4. The summed E-state index contributed by atoms with van der Waals surface area (Å²) in [6.07, 6.45) is 9.76. The first-order chi connectivity index (χ1) is 24.0. The Morgan fingerprint density at radius 1 is 1.10 bits per heavy atom. The predicted molar refractivity (Wildman–Crippen MR) is 200 cm³/mol. The third kappa shape index (κ3) is 6.15. The first-order valence-corrected chi connectivity index (χ1v) is 20.6. The van der Waals surface area contributed by atoms with E-state index in [0.29, 0.717) is 44.6 Å². The van der Waals surface area contributed by atoms with Gasteiger partial charge in [0.05, 0.1) is 37.5 Å². The molecule has 1 aromatic rings. The average Bonchev–Trinajstić information content (AvgIpc) is 3.53. The highest BCUT2D eigenvalue weighted by molar-refractivity contribution is 7.09. The summed E-state index contributed by atoms with van der Waals surface area (Å²) in [5.41, 5.74) is 12.9. The number of allylic oxidation sites excluding steroid dienone is 1. The van der Waals surface area contributed by atoms with E-state index in [1.165, 1.54) is 12.5 Å². The van der Waals surface area contributed by atoms with Crippen LogP contribution in [0.1, 0.15) is 130 Å².